The number of carbonyl (C=O) groups is 1. The third-order valence-electron chi connectivity index (χ3n) is 4.60. The minimum absolute atomic E-state index is 0.213. The Bertz CT molecular complexity index is 759. The van der Waals surface area contributed by atoms with Crippen LogP contribution in [0.4, 0.5) is 5.69 Å². The molecule has 0 unspecified atom stereocenters. The van der Waals surface area contributed by atoms with E-state index in [1.165, 1.54) is 0 Å². The molecule has 1 saturated heterocycles. The van der Waals surface area contributed by atoms with Crippen LogP contribution in [0.5, 0.6) is 0 Å². The van der Waals surface area contributed by atoms with Gasteiger partial charge in [0, 0.05) is 51.5 Å². The van der Waals surface area contributed by atoms with Gasteiger partial charge in [0.05, 0.1) is 17.8 Å². The summed E-state index contributed by atoms with van der Waals surface area (Å²) in [6, 6.07) is 9.80. The minimum atomic E-state index is 0.213. The highest BCUT2D eigenvalue weighted by atomic mass is 16.2. The highest BCUT2D eigenvalue weighted by molar-refractivity contribution is 5.76. The number of amides is 1. The van der Waals surface area contributed by atoms with Crippen LogP contribution >= 0.6 is 0 Å². The molecule has 25 heavy (non-hydrogen) atoms. The molecule has 1 amide bonds. The second-order valence-corrected chi connectivity index (χ2v) is 6.40. The van der Waals surface area contributed by atoms with E-state index in [-0.39, 0.29) is 5.91 Å². The number of anilines is 1. The number of benzene rings is 1. The summed E-state index contributed by atoms with van der Waals surface area (Å²) >= 11 is 0. The maximum atomic E-state index is 12.5. The lowest BCUT2D eigenvalue weighted by Gasteiger charge is -2.23. The average molecular weight is 337 g/mol. The van der Waals surface area contributed by atoms with E-state index in [4.69, 9.17) is 5.26 Å². The fourth-order valence-corrected chi connectivity index (χ4v) is 3.18. The first-order chi connectivity index (χ1) is 12.2. The first-order valence-corrected chi connectivity index (χ1v) is 8.66. The fraction of sp³-hybridized carbons (Fsp3) is 0.421. The zero-order valence-electron chi connectivity index (χ0n) is 14.6. The first-order valence-electron chi connectivity index (χ1n) is 8.66. The van der Waals surface area contributed by atoms with E-state index in [9.17, 15) is 4.79 Å². The van der Waals surface area contributed by atoms with Crippen molar-refractivity contribution in [2.45, 2.75) is 19.3 Å². The number of rotatable bonds is 4. The Hall–Kier alpha value is -2.81. The molecule has 1 aromatic heterocycles. The van der Waals surface area contributed by atoms with Crippen molar-refractivity contribution in [2.75, 3.05) is 31.1 Å². The third-order valence-corrected chi connectivity index (χ3v) is 4.60. The van der Waals surface area contributed by atoms with Gasteiger partial charge in [-0.3, -0.25) is 9.48 Å². The van der Waals surface area contributed by atoms with E-state index in [1.807, 2.05) is 48.6 Å². The molecule has 0 aliphatic carbocycles. The molecule has 0 bridgehead atoms. The van der Waals surface area contributed by atoms with Crippen LogP contribution in [-0.4, -0.2) is 46.8 Å². The van der Waals surface area contributed by atoms with Crippen LogP contribution in [0.15, 0.2) is 36.7 Å². The number of carbonyl (C=O) groups excluding carboxylic acids is 1. The molecule has 1 aliphatic rings. The van der Waals surface area contributed by atoms with Gasteiger partial charge in [0.1, 0.15) is 0 Å². The lowest BCUT2D eigenvalue weighted by molar-refractivity contribution is -0.130. The summed E-state index contributed by atoms with van der Waals surface area (Å²) in [5.41, 5.74) is 2.89. The van der Waals surface area contributed by atoms with Crippen LogP contribution in [0, 0.1) is 11.3 Å². The molecule has 1 aliphatic heterocycles. The minimum Gasteiger partial charge on any atom is -0.370 e. The van der Waals surface area contributed by atoms with Crippen molar-refractivity contribution in [3.8, 4) is 6.07 Å². The summed E-state index contributed by atoms with van der Waals surface area (Å²) in [6.07, 6.45) is 6.01. The van der Waals surface area contributed by atoms with E-state index < -0.39 is 0 Å². The molecule has 0 N–H and O–H groups in total. The van der Waals surface area contributed by atoms with Crippen LogP contribution in [0.3, 0.4) is 0 Å². The lowest BCUT2D eigenvalue weighted by Crippen LogP contribution is -2.35. The summed E-state index contributed by atoms with van der Waals surface area (Å²) in [6.45, 7) is 3.30. The molecule has 6 heteroatoms. The van der Waals surface area contributed by atoms with E-state index in [0.717, 1.165) is 50.3 Å². The van der Waals surface area contributed by atoms with Crippen LogP contribution in [-0.2, 0) is 18.3 Å². The average Bonchev–Trinajstić information content (AvgIpc) is 2.90. The van der Waals surface area contributed by atoms with Crippen molar-refractivity contribution < 1.29 is 4.79 Å². The molecular formula is C19H23N5O. The largest absolute Gasteiger partial charge is 0.370 e. The monoisotopic (exact) mass is 337 g/mol. The Labute approximate surface area is 148 Å². The Morgan fingerprint density at radius 2 is 2.00 bits per heavy atom. The maximum Gasteiger partial charge on any atom is 0.222 e. The molecule has 1 aromatic carbocycles. The van der Waals surface area contributed by atoms with E-state index in [2.05, 4.69) is 16.1 Å². The normalized spacial score (nSPS) is 14.9. The summed E-state index contributed by atoms with van der Waals surface area (Å²) < 4.78 is 1.77. The highest BCUT2D eigenvalue weighted by Crippen LogP contribution is 2.18. The van der Waals surface area contributed by atoms with Crippen LogP contribution in [0.25, 0.3) is 0 Å². The zero-order valence-corrected chi connectivity index (χ0v) is 14.6. The van der Waals surface area contributed by atoms with Crippen molar-refractivity contribution in [1.29, 1.82) is 5.26 Å². The lowest BCUT2D eigenvalue weighted by atomic mass is 10.2. The molecule has 3 rings (SSSR count). The second-order valence-electron chi connectivity index (χ2n) is 6.40. The van der Waals surface area contributed by atoms with Gasteiger partial charge in [0.25, 0.3) is 0 Å². The Morgan fingerprint density at radius 3 is 2.68 bits per heavy atom. The smallest absolute Gasteiger partial charge is 0.222 e. The van der Waals surface area contributed by atoms with Gasteiger partial charge in [-0.15, -0.1) is 0 Å². The summed E-state index contributed by atoms with van der Waals surface area (Å²) in [5, 5.41) is 13.0. The van der Waals surface area contributed by atoms with Crippen LogP contribution in [0.1, 0.15) is 24.0 Å². The third kappa shape index (κ3) is 4.38. The number of hydrogen-bond donors (Lipinski definition) is 0. The van der Waals surface area contributed by atoms with Gasteiger partial charge in [-0.05, 0) is 42.7 Å². The van der Waals surface area contributed by atoms with Crippen molar-refractivity contribution in [1.82, 2.24) is 14.7 Å². The number of nitrogens with zero attached hydrogens (tertiary/aromatic N) is 5. The van der Waals surface area contributed by atoms with E-state index >= 15 is 0 Å². The quantitative estimate of drug-likeness (QED) is 0.855. The Kier molecular flexibility index (Phi) is 5.34. The topological polar surface area (TPSA) is 65.2 Å². The number of aromatic nitrogens is 2. The van der Waals surface area contributed by atoms with E-state index in [1.54, 1.807) is 4.68 Å². The van der Waals surface area contributed by atoms with Crippen LogP contribution < -0.4 is 4.90 Å². The molecule has 2 heterocycles. The Balaban J connectivity index is 1.53. The summed E-state index contributed by atoms with van der Waals surface area (Å²) in [7, 11) is 1.89. The molecule has 0 saturated carbocycles. The fourth-order valence-electron chi connectivity index (χ4n) is 3.18. The number of nitriles is 1. The molecule has 6 nitrogen and oxygen atoms in total. The highest BCUT2D eigenvalue weighted by Gasteiger charge is 2.19. The number of aryl methyl sites for hydroxylation is 2. The second kappa shape index (κ2) is 7.84. The van der Waals surface area contributed by atoms with E-state index in [0.29, 0.717) is 12.0 Å². The van der Waals surface area contributed by atoms with Crippen molar-refractivity contribution in [2.24, 2.45) is 7.05 Å². The molecule has 1 fully saturated rings. The first kappa shape index (κ1) is 17.0. The number of hydrogen-bond acceptors (Lipinski definition) is 4. The van der Waals surface area contributed by atoms with Gasteiger partial charge in [-0.25, -0.2) is 0 Å². The molecule has 2 aromatic rings. The van der Waals surface area contributed by atoms with Gasteiger partial charge in [0.15, 0.2) is 0 Å². The predicted molar refractivity (Wildman–Crippen MR) is 96.1 cm³/mol. The molecule has 0 spiro atoms. The Morgan fingerprint density at radius 1 is 1.20 bits per heavy atom. The van der Waals surface area contributed by atoms with Crippen molar-refractivity contribution >= 4 is 11.6 Å². The van der Waals surface area contributed by atoms with Crippen molar-refractivity contribution in [3.63, 3.8) is 0 Å². The van der Waals surface area contributed by atoms with Gasteiger partial charge in [0.2, 0.25) is 5.91 Å². The molecule has 130 valence electrons. The van der Waals surface area contributed by atoms with Gasteiger partial charge in [-0.2, -0.15) is 10.4 Å². The van der Waals surface area contributed by atoms with Crippen molar-refractivity contribution in [3.05, 3.63) is 47.8 Å². The van der Waals surface area contributed by atoms with Gasteiger partial charge in [-0.1, -0.05) is 0 Å². The molecule has 0 radical (unpaired) electrons. The zero-order chi connectivity index (χ0) is 17.6. The summed E-state index contributed by atoms with van der Waals surface area (Å²) in [4.78, 5) is 16.8. The predicted octanol–water partition coefficient (Wildman–Crippen LogP) is 1.96. The SMILES string of the molecule is Cn1cc(CCC(=O)N2CCCN(c3ccc(C#N)cc3)CC2)cn1. The standard InChI is InChI=1S/C19H23N5O/c1-22-15-17(14-21-22)5-8-19(25)24-10-2-9-23(11-12-24)18-6-3-16(13-20)4-7-18/h3-4,6-7,14-15H,2,5,8-12H2,1H3. The van der Waals surface area contributed by atoms with Gasteiger partial charge < -0.3 is 9.80 Å². The van der Waals surface area contributed by atoms with Crippen LogP contribution in [0.2, 0.25) is 0 Å². The molecule has 0 atom stereocenters. The van der Waals surface area contributed by atoms with Gasteiger partial charge >= 0.3 is 0 Å². The summed E-state index contributed by atoms with van der Waals surface area (Å²) in [5.74, 6) is 0.213. The maximum absolute atomic E-state index is 12.5. The molecular weight excluding hydrogens is 314 g/mol.